The van der Waals surface area contributed by atoms with Crippen molar-refractivity contribution < 1.29 is 9.47 Å². The van der Waals surface area contributed by atoms with E-state index in [1.807, 2.05) is 18.2 Å². The second-order valence-electron chi connectivity index (χ2n) is 6.20. The van der Waals surface area contributed by atoms with Gasteiger partial charge in [-0.15, -0.1) is 0 Å². The van der Waals surface area contributed by atoms with Gasteiger partial charge in [-0.2, -0.15) is 0 Å². The average Bonchev–Trinajstić information content (AvgIpc) is 2.71. The van der Waals surface area contributed by atoms with Gasteiger partial charge in [0, 0.05) is 32.0 Å². The molecule has 0 amide bonds. The Morgan fingerprint density at radius 2 is 1.93 bits per heavy atom. The van der Waals surface area contributed by atoms with Crippen LogP contribution in [0.2, 0.25) is 0 Å². The van der Waals surface area contributed by atoms with Crippen LogP contribution in [0.15, 0.2) is 53.7 Å². The lowest BCUT2D eigenvalue weighted by atomic mass is 10.0. The van der Waals surface area contributed by atoms with Gasteiger partial charge in [0.05, 0.1) is 13.2 Å². The largest absolute Gasteiger partial charge is 0.475 e. The van der Waals surface area contributed by atoms with Crippen molar-refractivity contribution in [2.24, 2.45) is 4.99 Å². The molecule has 0 fully saturated rings. The Balaban J connectivity index is 1.97. The number of hydrogen-bond donors (Lipinski definition) is 2. The molecular weight excluding hydrogens is 340 g/mol. The Kier molecular flexibility index (Phi) is 9.13. The number of hydrogen-bond acceptors (Lipinski definition) is 4. The van der Waals surface area contributed by atoms with Crippen molar-refractivity contribution >= 4 is 5.96 Å². The van der Waals surface area contributed by atoms with Crippen LogP contribution in [0.3, 0.4) is 0 Å². The predicted molar refractivity (Wildman–Crippen MR) is 109 cm³/mol. The van der Waals surface area contributed by atoms with E-state index >= 15 is 0 Å². The normalized spacial score (nSPS) is 12.5. The SMILES string of the molecule is CCNC(=NCc1cccnc1OCCOC)NCC(C)c1ccccc1. The first-order valence-corrected chi connectivity index (χ1v) is 9.37. The molecule has 27 heavy (non-hydrogen) atoms. The molecule has 1 aromatic heterocycles. The van der Waals surface area contributed by atoms with Gasteiger partial charge in [-0.05, 0) is 24.5 Å². The zero-order chi connectivity index (χ0) is 19.3. The number of aliphatic imine (C=N–C) groups is 1. The molecular formula is C21H30N4O2. The van der Waals surface area contributed by atoms with Gasteiger partial charge in [0.1, 0.15) is 6.61 Å². The molecule has 0 spiro atoms. The van der Waals surface area contributed by atoms with Crippen LogP contribution >= 0.6 is 0 Å². The molecule has 1 unspecified atom stereocenters. The van der Waals surface area contributed by atoms with Crippen LogP contribution in [0.25, 0.3) is 0 Å². The highest BCUT2D eigenvalue weighted by molar-refractivity contribution is 5.79. The van der Waals surface area contributed by atoms with Crippen molar-refractivity contribution in [3.8, 4) is 5.88 Å². The van der Waals surface area contributed by atoms with Crippen molar-refractivity contribution in [2.75, 3.05) is 33.4 Å². The standard InChI is InChI=1S/C21H30N4O2/c1-4-22-21(24-15-17(2)18-9-6-5-7-10-18)25-16-19-11-8-12-23-20(19)27-14-13-26-3/h5-12,17H,4,13-16H2,1-3H3,(H2,22,24,25). The second kappa shape index (κ2) is 11.9. The molecule has 0 saturated carbocycles. The monoisotopic (exact) mass is 370 g/mol. The number of nitrogens with zero attached hydrogens (tertiary/aromatic N) is 2. The third-order valence-corrected chi connectivity index (χ3v) is 4.07. The van der Waals surface area contributed by atoms with Crippen LogP contribution in [-0.4, -0.2) is 44.4 Å². The van der Waals surface area contributed by atoms with Crippen LogP contribution in [0.1, 0.15) is 30.9 Å². The van der Waals surface area contributed by atoms with Gasteiger partial charge in [-0.3, -0.25) is 0 Å². The minimum atomic E-state index is 0.390. The molecule has 1 heterocycles. The van der Waals surface area contributed by atoms with Crippen molar-refractivity contribution in [1.82, 2.24) is 15.6 Å². The average molecular weight is 370 g/mol. The molecule has 2 N–H and O–H groups in total. The third kappa shape index (κ3) is 7.27. The van der Waals surface area contributed by atoms with E-state index < -0.39 is 0 Å². The maximum atomic E-state index is 5.68. The number of methoxy groups -OCH3 is 1. The fourth-order valence-corrected chi connectivity index (χ4v) is 2.55. The molecule has 0 aliphatic heterocycles. The molecule has 0 bridgehead atoms. The zero-order valence-corrected chi connectivity index (χ0v) is 16.4. The number of rotatable bonds is 10. The van der Waals surface area contributed by atoms with Crippen LogP contribution < -0.4 is 15.4 Å². The summed E-state index contributed by atoms with van der Waals surface area (Å²) < 4.78 is 10.7. The summed E-state index contributed by atoms with van der Waals surface area (Å²) in [5.41, 5.74) is 2.25. The summed E-state index contributed by atoms with van der Waals surface area (Å²) in [5.74, 6) is 1.78. The quantitative estimate of drug-likeness (QED) is 0.382. The number of nitrogens with one attached hydrogen (secondary N) is 2. The predicted octanol–water partition coefficient (Wildman–Crippen LogP) is 2.97. The Morgan fingerprint density at radius 1 is 1.11 bits per heavy atom. The highest BCUT2D eigenvalue weighted by Gasteiger charge is 2.08. The van der Waals surface area contributed by atoms with Crippen molar-refractivity contribution in [2.45, 2.75) is 26.3 Å². The number of guanidine groups is 1. The van der Waals surface area contributed by atoms with E-state index in [2.05, 4.69) is 58.7 Å². The Labute approximate surface area is 162 Å². The van der Waals surface area contributed by atoms with Crippen LogP contribution in [0.5, 0.6) is 5.88 Å². The van der Waals surface area contributed by atoms with E-state index in [4.69, 9.17) is 9.47 Å². The molecule has 2 aromatic rings. The maximum absolute atomic E-state index is 5.68. The highest BCUT2D eigenvalue weighted by atomic mass is 16.5. The molecule has 2 rings (SSSR count). The zero-order valence-electron chi connectivity index (χ0n) is 16.4. The number of ether oxygens (including phenoxy) is 2. The highest BCUT2D eigenvalue weighted by Crippen LogP contribution is 2.16. The topological polar surface area (TPSA) is 67.8 Å². The van der Waals surface area contributed by atoms with E-state index in [0.717, 1.165) is 24.6 Å². The van der Waals surface area contributed by atoms with Gasteiger partial charge < -0.3 is 20.1 Å². The number of aromatic nitrogens is 1. The van der Waals surface area contributed by atoms with Crippen LogP contribution in [0, 0.1) is 0 Å². The molecule has 6 nitrogen and oxygen atoms in total. The van der Waals surface area contributed by atoms with E-state index in [0.29, 0.717) is 31.6 Å². The first-order valence-electron chi connectivity index (χ1n) is 9.37. The van der Waals surface area contributed by atoms with Gasteiger partial charge in [0.2, 0.25) is 5.88 Å². The van der Waals surface area contributed by atoms with E-state index in [1.165, 1.54) is 5.56 Å². The maximum Gasteiger partial charge on any atom is 0.218 e. The lowest BCUT2D eigenvalue weighted by molar-refractivity contribution is 0.143. The van der Waals surface area contributed by atoms with Crippen molar-refractivity contribution in [3.63, 3.8) is 0 Å². The number of benzene rings is 1. The molecule has 0 aliphatic rings. The number of pyridine rings is 1. The van der Waals surface area contributed by atoms with E-state index in [9.17, 15) is 0 Å². The minimum absolute atomic E-state index is 0.390. The summed E-state index contributed by atoms with van der Waals surface area (Å²) in [6.07, 6.45) is 1.72. The summed E-state index contributed by atoms with van der Waals surface area (Å²) in [5, 5.41) is 6.71. The van der Waals surface area contributed by atoms with Gasteiger partial charge in [-0.25, -0.2) is 9.98 Å². The third-order valence-electron chi connectivity index (χ3n) is 4.07. The molecule has 0 saturated heterocycles. The van der Waals surface area contributed by atoms with Gasteiger partial charge in [0.15, 0.2) is 5.96 Å². The molecule has 1 atom stereocenters. The lowest BCUT2D eigenvalue weighted by Gasteiger charge is -2.16. The van der Waals surface area contributed by atoms with E-state index in [1.54, 1.807) is 13.3 Å². The minimum Gasteiger partial charge on any atom is -0.475 e. The summed E-state index contributed by atoms with van der Waals surface area (Å²) in [4.78, 5) is 8.98. The fraction of sp³-hybridized carbons (Fsp3) is 0.429. The van der Waals surface area contributed by atoms with Gasteiger partial charge in [-0.1, -0.05) is 43.3 Å². The first kappa shape index (κ1) is 20.7. The molecule has 0 aliphatic carbocycles. The smallest absolute Gasteiger partial charge is 0.218 e. The van der Waals surface area contributed by atoms with Crippen LogP contribution in [-0.2, 0) is 11.3 Å². The first-order chi connectivity index (χ1) is 13.2. The van der Waals surface area contributed by atoms with Crippen molar-refractivity contribution in [1.29, 1.82) is 0 Å². The Hall–Kier alpha value is -2.60. The van der Waals surface area contributed by atoms with Gasteiger partial charge >= 0.3 is 0 Å². The molecule has 146 valence electrons. The Morgan fingerprint density at radius 3 is 2.67 bits per heavy atom. The molecule has 0 radical (unpaired) electrons. The summed E-state index contributed by atoms with van der Waals surface area (Å²) in [6.45, 7) is 7.36. The fourth-order valence-electron chi connectivity index (χ4n) is 2.55. The summed E-state index contributed by atoms with van der Waals surface area (Å²) in [7, 11) is 1.65. The summed E-state index contributed by atoms with van der Waals surface area (Å²) >= 11 is 0. The Bertz CT molecular complexity index is 692. The molecule has 1 aromatic carbocycles. The second-order valence-corrected chi connectivity index (χ2v) is 6.20. The van der Waals surface area contributed by atoms with Crippen LogP contribution in [0.4, 0.5) is 0 Å². The van der Waals surface area contributed by atoms with Gasteiger partial charge in [0.25, 0.3) is 0 Å². The molecule has 6 heteroatoms. The lowest BCUT2D eigenvalue weighted by Crippen LogP contribution is -2.39. The van der Waals surface area contributed by atoms with Crippen molar-refractivity contribution in [3.05, 3.63) is 59.8 Å². The summed E-state index contributed by atoms with van der Waals surface area (Å²) in [6, 6.07) is 14.3. The van der Waals surface area contributed by atoms with E-state index in [-0.39, 0.29) is 0 Å².